The predicted molar refractivity (Wildman–Crippen MR) is 75.6 cm³/mol. The Morgan fingerprint density at radius 2 is 1.95 bits per heavy atom. The van der Waals surface area contributed by atoms with Crippen LogP contribution in [-0.4, -0.2) is 19.3 Å². The van der Waals surface area contributed by atoms with Crippen molar-refractivity contribution in [3.63, 3.8) is 0 Å². The average molecular weight is 326 g/mol. The first kappa shape index (κ1) is 14.1. The lowest BCUT2D eigenvalue weighted by Crippen LogP contribution is -2.13. The van der Waals surface area contributed by atoms with Crippen LogP contribution in [0, 0.1) is 11.6 Å². The van der Waals surface area contributed by atoms with Gasteiger partial charge in [-0.1, -0.05) is 11.8 Å². The van der Waals surface area contributed by atoms with Gasteiger partial charge in [0, 0.05) is 11.8 Å². The van der Waals surface area contributed by atoms with Gasteiger partial charge in [0.1, 0.15) is 27.3 Å². The Balaban J connectivity index is 1.78. The molecule has 1 aliphatic heterocycles. The molecule has 9 heteroatoms. The summed E-state index contributed by atoms with van der Waals surface area (Å²) in [6, 6.07) is 3.30. The Kier molecular flexibility index (Phi) is 3.68. The Labute approximate surface area is 125 Å². The minimum absolute atomic E-state index is 0.00588. The van der Waals surface area contributed by atoms with Crippen molar-refractivity contribution in [3.05, 3.63) is 41.6 Å². The Morgan fingerprint density at radius 1 is 1.24 bits per heavy atom. The molecule has 21 heavy (non-hydrogen) atoms. The molecule has 2 aromatic rings. The van der Waals surface area contributed by atoms with E-state index >= 15 is 0 Å². The van der Waals surface area contributed by atoms with E-state index in [0.29, 0.717) is 21.4 Å². The summed E-state index contributed by atoms with van der Waals surface area (Å²) in [6.07, 6.45) is 1.40. The largest absolute Gasteiger partial charge is 0.376 e. The quantitative estimate of drug-likeness (QED) is 0.690. The summed E-state index contributed by atoms with van der Waals surface area (Å²) >= 11 is 1.19. The van der Waals surface area contributed by atoms with Gasteiger partial charge in [0.2, 0.25) is 0 Å². The minimum atomic E-state index is -1.50. The van der Waals surface area contributed by atoms with Crippen LogP contribution in [0.15, 0.2) is 39.4 Å². The first-order valence-electron chi connectivity index (χ1n) is 5.73. The van der Waals surface area contributed by atoms with E-state index in [1.807, 2.05) is 0 Å². The highest BCUT2D eigenvalue weighted by molar-refractivity contribution is 8.01. The zero-order chi connectivity index (χ0) is 15.0. The maximum Gasteiger partial charge on any atom is 0.196 e. The van der Waals surface area contributed by atoms with Gasteiger partial charge in [-0.25, -0.2) is 28.0 Å². The molecular weight excluding hydrogens is 318 g/mol. The highest BCUT2D eigenvalue weighted by atomic mass is 32.2. The molecule has 0 bridgehead atoms. The molecule has 0 fully saturated rings. The van der Waals surface area contributed by atoms with Crippen molar-refractivity contribution in [3.8, 4) is 0 Å². The topological polar surface area (TPSA) is 81.2 Å². The fraction of sp³-hybridized carbons (Fsp3) is 0.0833. The van der Waals surface area contributed by atoms with Crippen molar-refractivity contribution < 1.29 is 13.0 Å². The summed E-state index contributed by atoms with van der Waals surface area (Å²) in [5.41, 5.74) is 5.95. The Morgan fingerprint density at radius 3 is 2.67 bits per heavy atom. The Hall–Kier alpha value is -1.87. The van der Waals surface area contributed by atoms with E-state index in [2.05, 4.69) is 15.0 Å². The van der Waals surface area contributed by atoms with Crippen LogP contribution in [0.4, 0.5) is 14.6 Å². The van der Waals surface area contributed by atoms with Crippen LogP contribution in [0.3, 0.4) is 0 Å². The van der Waals surface area contributed by atoms with Gasteiger partial charge < -0.3 is 5.73 Å². The van der Waals surface area contributed by atoms with E-state index in [0.717, 1.165) is 6.07 Å². The van der Waals surface area contributed by atoms with Crippen molar-refractivity contribution in [2.24, 2.45) is 10.7 Å². The minimum Gasteiger partial charge on any atom is -0.376 e. The van der Waals surface area contributed by atoms with Crippen LogP contribution in [0.25, 0.3) is 0 Å². The first-order valence-corrected chi connectivity index (χ1v) is 7.87. The third-order valence-corrected chi connectivity index (χ3v) is 4.70. The monoisotopic (exact) mass is 326 g/mol. The van der Waals surface area contributed by atoms with E-state index in [-0.39, 0.29) is 11.0 Å². The van der Waals surface area contributed by atoms with E-state index in [1.165, 1.54) is 30.1 Å². The van der Waals surface area contributed by atoms with Crippen LogP contribution in [0.2, 0.25) is 0 Å². The standard InChI is InChI=1S/C12H8F2N4OS2/c13-7-1-6(2-8(14)3-7)5-20-12-16-4-9-10(18-12)17-11(15)21(9)19/h1-4H,5H2,(H2,15,16,17,18). The average Bonchev–Trinajstić information content (AvgIpc) is 2.70. The molecule has 2 N–H and O–H groups in total. The molecule has 0 saturated carbocycles. The van der Waals surface area contributed by atoms with Crippen molar-refractivity contribution >= 4 is 33.5 Å². The van der Waals surface area contributed by atoms with E-state index in [4.69, 9.17) is 5.73 Å². The number of amidine groups is 1. The van der Waals surface area contributed by atoms with Crippen molar-refractivity contribution in [2.45, 2.75) is 15.8 Å². The fourth-order valence-corrected chi connectivity index (χ4v) is 3.27. The van der Waals surface area contributed by atoms with Crippen molar-refractivity contribution in [1.29, 1.82) is 0 Å². The number of thioether (sulfide) groups is 1. The van der Waals surface area contributed by atoms with E-state index in [9.17, 15) is 13.0 Å². The van der Waals surface area contributed by atoms with Gasteiger partial charge in [0.05, 0.1) is 6.20 Å². The maximum atomic E-state index is 13.1. The summed E-state index contributed by atoms with van der Waals surface area (Å²) in [5.74, 6) is -0.689. The van der Waals surface area contributed by atoms with Gasteiger partial charge in [-0.3, -0.25) is 0 Å². The maximum absolute atomic E-state index is 13.1. The SMILES string of the molecule is NC1=Nc2nc(SCc3cc(F)cc(F)c3)ncc2S1=O. The van der Waals surface area contributed by atoms with Crippen LogP contribution < -0.4 is 5.73 Å². The molecule has 0 spiro atoms. The molecule has 2 heterocycles. The number of hydrogen-bond donors (Lipinski definition) is 1. The normalized spacial score (nSPS) is 16.7. The van der Waals surface area contributed by atoms with Gasteiger partial charge in [-0.05, 0) is 17.7 Å². The van der Waals surface area contributed by atoms with Crippen LogP contribution in [0.5, 0.6) is 0 Å². The van der Waals surface area contributed by atoms with Gasteiger partial charge in [0.25, 0.3) is 0 Å². The number of nitrogens with two attached hydrogens (primary N) is 1. The fourth-order valence-electron chi connectivity index (χ4n) is 1.73. The highest BCUT2D eigenvalue weighted by Gasteiger charge is 2.23. The third kappa shape index (κ3) is 2.93. The number of rotatable bonds is 3. The summed E-state index contributed by atoms with van der Waals surface area (Å²) in [7, 11) is -1.50. The van der Waals surface area contributed by atoms with Gasteiger partial charge in [-0.2, -0.15) is 0 Å². The lowest BCUT2D eigenvalue weighted by molar-refractivity contribution is 0.581. The summed E-state index contributed by atoms with van der Waals surface area (Å²) < 4.78 is 37.8. The van der Waals surface area contributed by atoms with E-state index < -0.39 is 22.4 Å². The molecule has 1 unspecified atom stereocenters. The van der Waals surface area contributed by atoms with Crippen molar-refractivity contribution in [2.75, 3.05) is 0 Å². The van der Waals surface area contributed by atoms with Crippen molar-refractivity contribution in [1.82, 2.24) is 9.97 Å². The number of aromatic nitrogens is 2. The number of nitrogens with zero attached hydrogens (tertiary/aromatic N) is 3. The van der Waals surface area contributed by atoms with Crippen LogP contribution in [0.1, 0.15) is 5.56 Å². The lowest BCUT2D eigenvalue weighted by atomic mass is 10.2. The third-order valence-electron chi connectivity index (χ3n) is 2.61. The molecule has 3 rings (SSSR count). The lowest BCUT2D eigenvalue weighted by Gasteiger charge is -2.02. The second-order valence-corrected chi connectivity index (χ2v) is 6.46. The number of hydrogen-bond acceptors (Lipinski definition) is 6. The predicted octanol–water partition coefficient (Wildman–Crippen LogP) is 2.11. The second kappa shape index (κ2) is 5.49. The molecule has 108 valence electrons. The number of benzene rings is 1. The molecular formula is C12H8F2N4OS2. The Bertz CT molecular complexity index is 762. The van der Waals surface area contributed by atoms with Gasteiger partial charge in [-0.15, -0.1) is 0 Å². The van der Waals surface area contributed by atoms with Gasteiger partial charge >= 0.3 is 0 Å². The molecule has 0 saturated heterocycles. The molecule has 0 aliphatic carbocycles. The number of halogens is 2. The smallest absolute Gasteiger partial charge is 0.196 e. The van der Waals surface area contributed by atoms with Crippen LogP contribution >= 0.6 is 11.8 Å². The number of aliphatic imine (C=N–C) groups is 1. The van der Waals surface area contributed by atoms with Crippen LogP contribution in [-0.2, 0) is 16.6 Å². The molecule has 5 nitrogen and oxygen atoms in total. The summed E-state index contributed by atoms with van der Waals surface area (Å²) in [4.78, 5) is 12.4. The van der Waals surface area contributed by atoms with Gasteiger partial charge in [0.15, 0.2) is 16.1 Å². The molecule has 1 aromatic carbocycles. The van der Waals surface area contributed by atoms with E-state index in [1.54, 1.807) is 0 Å². The highest BCUT2D eigenvalue weighted by Crippen LogP contribution is 2.29. The molecule has 0 radical (unpaired) electrons. The molecule has 1 aromatic heterocycles. The second-order valence-electron chi connectivity index (χ2n) is 4.13. The zero-order valence-electron chi connectivity index (χ0n) is 10.4. The molecule has 1 atom stereocenters. The zero-order valence-corrected chi connectivity index (χ0v) is 12.0. The summed E-state index contributed by atoms with van der Waals surface area (Å²) in [6.45, 7) is 0. The molecule has 0 amide bonds. The molecule has 1 aliphatic rings. The first-order chi connectivity index (χ1) is 10.0. The number of fused-ring (bicyclic) bond motifs is 1. The summed E-state index contributed by atoms with van der Waals surface area (Å²) in [5, 5.41) is 0.363.